The lowest BCUT2D eigenvalue weighted by Gasteiger charge is -2.09. The average Bonchev–Trinajstić information content (AvgIpc) is 2.80. The zero-order chi connectivity index (χ0) is 13.8. The first kappa shape index (κ1) is 13.8. The average molecular weight is 278 g/mol. The Balaban J connectivity index is 2.29. The van der Waals surface area contributed by atoms with Crippen molar-refractivity contribution in [2.24, 2.45) is 5.73 Å². The van der Waals surface area contributed by atoms with E-state index in [1.54, 1.807) is 25.6 Å². The van der Waals surface area contributed by atoms with E-state index in [1.165, 1.54) is 4.88 Å². The predicted octanol–water partition coefficient (Wildman–Crippen LogP) is 2.52. The minimum absolute atomic E-state index is 0.491. The van der Waals surface area contributed by atoms with Crippen molar-refractivity contribution in [3.63, 3.8) is 0 Å². The summed E-state index contributed by atoms with van der Waals surface area (Å²) >= 11 is 1.66. The van der Waals surface area contributed by atoms with Crippen LogP contribution in [-0.4, -0.2) is 19.2 Å². The smallest absolute Gasteiger partial charge is 0.126 e. The van der Waals surface area contributed by atoms with Crippen LogP contribution in [0.15, 0.2) is 18.2 Å². The summed E-state index contributed by atoms with van der Waals surface area (Å²) in [5, 5.41) is 0.972. The molecule has 0 aliphatic heterocycles. The van der Waals surface area contributed by atoms with Crippen LogP contribution in [0.2, 0.25) is 0 Å². The molecule has 0 aliphatic rings. The number of thiazole rings is 1. The fourth-order valence-electron chi connectivity index (χ4n) is 1.91. The van der Waals surface area contributed by atoms with Crippen LogP contribution in [0, 0.1) is 6.92 Å². The van der Waals surface area contributed by atoms with Gasteiger partial charge in [-0.25, -0.2) is 4.98 Å². The Morgan fingerprint density at radius 3 is 2.63 bits per heavy atom. The van der Waals surface area contributed by atoms with Gasteiger partial charge in [-0.05, 0) is 18.6 Å². The number of nitrogens with zero attached hydrogens (tertiary/aromatic N) is 1. The molecule has 19 heavy (non-hydrogen) atoms. The molecule has 0 saturated carbocycles. The van der Waals surface area contributed by atoms with Crippen molar-refractivity contribution >= 4 is 11.3 Å². The lowest BCUT2D eigenvalue weighted by molar-refractivity contribution is 0.391. The maximum Gasteiger partial charge on any atom is 0.126 e. The predicted molar refractivity (Wildman–Crippen MR) is 77.1 cm³/mol. The number of hydrogen-bond donors (Lipinski definition) is 1. The highest BCUT2D eigenvalue weighted by Crippen LogP contribution is 2.29. The van der Waals surface area contributed by atoms with Gasteiger partial charge in [-0.2, -0.15) is 0 Å². The minimum atomic E-state index is 0.491. The molecule has 1 aromatic carbocycles. The van der Waals surface area contributed by atoms with Gasteiger partial charge in [0.15, 0.2) is 0 Å². The monoisotopic (exact) mass is 278 g/mol. The molecular weight excluding hydrogens is 260 g/mol. The number of benzene rings is 1. The van der Waals surface area contributed by atoms with Gasteiger partial charge in [-0.15, -0.1) is 11.3 Å². The van der Waals surface area contributed by atoms with E-state index < -0.39 is 0 Å². The van der Waals surface area contributed by atoms with Crippen molar-refractivity contribution in [2.45, 2.75) is 19.9 Å². The Bertz CT molecular complexity index is 567. The second-order valence-electron chi connectivity index (χ2n) is 4.17. The number of rotatable bonds is 5. The Kier molecular flexibility index (Phi) is 4.39. The number of aryl methyl sites for hydroxylation is 1. The van der Waals surface area contributed by atoms with Crippen LogP contribution in [0.25, 0.3) is 0 Å². The molecule has 0 bridgehead atoms. The van der Waals surface area contributed by atoms with E-state index in [2.05, 4.69) is 4.98 Å². The summed E-state index contributed by atoms with van der Waals surface area (Å²) in [7, 11) is 3.32. The topological polar surface area (TPSA) is 57.4 Å². The van der Waals surface area contributed by atoms with Gasteiger partial charge in [0.05, 0.1) is 19.9 Å². The van der Waals surface area contributed by atoms with Gasteiger partial charge in [0, 0.05) is 23.9 Å². The van der Waals surface area contributed by atoms with Gasteiger partial charge in [0.2, 0.25) is 0 Å². The van der Waals surface area contributed by atoms with E-state index in [0.717, 1.165) is 34.2 Å². The zero-order valence-corrected chi connectivity index (χ0v) is 12.2. The van der Waals surface area contributed by atoms with Crippen LogP contribution >= 0.6 is 11.3 Å². The molecule has 2 rings (SSSR count). The normalized spacial score (nSPS) is 10.5. The van der Waals surface area contributed by atoms with Gasteiger partial charge >= 0.3 is 0 Å². The Hall–Kier alpha value is -1.59. The standard InChI is InChI=1S/C14H18N2O2S/c1-9-13(19-14(8-15)16-9)6-10-4-5-11(17-2)7-12(10)18-3/h4-5,7H,6,8,15H2,1-3H3. The number of nitrogens with two attached hydrogens (primary N) is 1. The van der Waals surface area contributed by atoms with E-state index in [1.807, 2.05) is 25.1 Å². The van der Waals surface area contributed by atoms with E-state index in [-0.39, 0.29) is 0 Å². The summed E-state index contributed by atoms with van der Waals surface area (Å²) in [5.41, 5.74) is 7.79. The maximum atomic E-state index is 5.63. The third-order valence-corrected chi connectivity index (χ3v) is 4.14. The Labute approximate surface area is 117 Å². The lowest BCUT2D eigenvalue weighted by Crippen LogP contribution is -1.95. The summed E-state index contributed by atoms with van der Waals surface area (Å²) in [5.74, 6) is 1.63. The third kappa shape index (κ3) is 3.05. The first-order chi connectivity index (χ1) is 9.17. The maximum absolute atomic E-state index is 5.63. The van der Waals surface area contributed by atoms with E-state index in [0.29, 0.717) is 6.54 Å². The van der Waals surface area contributed by atoms with Crippen molar-refractivity contribution in [2.75, 3.05) is 14.2 Å². The second kappa shape index (κ2) is 6.04. The molecule has 102 valence electrons. The molecule has 0 spiro atoms. The largest absolute Gasteiger partial charge is 0.497 e. The number of aromatic nitrogens is 1. The van der Waals surface area contributed by atoms with Crippen molar-refractivity contribution in [1.29, 1.82) is 0 Å². The van der Waals surface area contributed by atoms with Crippen LogP contribution in [0.5, 0.6) is 11.5 Å². The summed E-state index contributed by atoms with van der Waals surface area (Å²) in [6.45, 7) is 2.51. The van der Waals surface area contributed by atoms with Crippen molar-refractivity contribution < 1.29 is 9.47 Å². The molecule has 1 aromatic heterocycles. The first-order valence-electron chi connectivity index (χ1n) is 6.04. The Morgan fingerprint density at radius 2 is 2.05 bits per heavy atom. The molecule has 2 N–H and O–H groups in total. The molecule has 0 unspecified atom stereocenters. The fourth-order valence-corrected chi connectivity index (χ4v) is 2.88. The lowest BCUT2D eigenvalue weighted by atomic mass is 10.1. The molecule has 0 saturated heterocycles. The summed E-state index contributed by atoms with van der Waals surface area (Å²) in [4.78, 5) is 5.67. The quantitative estimate of drug-likeness (QED) is 0.913. The molecule has 4 nitrogen and oxygen atoms in total. The van der Waals surface area contributed by atoms with E-state index >= 15 is 0 Å². The van der Waals surface area contributed by atoms with Gasteiger partial charge in [-0.3, -0.25) is 0 Å². The number of methoxy groups -OCH3 is 2. The molecule has 0 radical (unpaired) electrons. The van der Waals surface area contributed by atoms with Crippen LogP contribution in [0.3, 0.4) is 0 Å². The summed E-state index contributed by atoms with van der Waals surface area (Å²) in [6.07, 6.45) is 0.802. The van der Waals surface area contributed by atoms with Gasteiger partial charge in [0.1, 0.15) is 16.5 Å². The highest BCUT2D eigenvalue weighted by molar-refractivity contribution is 7.11. The van der Waals surface area contributed by atoms with E-state index in [9.17, 15) is 0 Å². The highest BCUT2D eigenvalue weighted by atomic mass is 32.1. The molecule has 1 heterocycles. The molecule has 0 amide bonds. The highest BCUT2D eigenvalue weighted by Gasteiger charge is 2.11. The Morgan fingerprint density at radius 1 is 1.26 bits per heavy atom. The molecule has 5 heteroatoms. The molecule has 0 atom stereocenters. The zero-order valence-electron chi connectivity index (χ0n) is 11.4. The third-order valence-electron chi connectivity index (χ3n) is 2.96. The molecule has 0 aliphatic carbocycles. The van der Waals surface area contributed by atoms with Crippen molar-refractivity contribution in [3.8, 4) is 11.5 Å². The second-order valence-corrected chi connectivity index (χ2v) is 5.34. The first-order valence-corrected chi connectivity index (χ1v) is 6.85. The van der Waals surface area contributed by atoms with Gasteiger partial charge in [-0.1, -0.05) is 6.07 Å². The fraction of sp³-hybridized carbons (Fsp3) is 0.357. The number of ether oxygens (including phenoxy) is 2. The van der Waals surface area contributed by atoms with Crippen LogP contribution in [0.4, 0.5) is 0 Å². The summed E-state index contributed by atoms with van der Waals surface area (Å²) in [6, 6.07) is 5.87. The van der Waals surface area contributed by atoms with E-state index in [4.69, 9.17) is 15.2 Å². The molecule has 2 aromatic rings. The minimum Gasteiger partial charge on any atom is -0.497 e. The van der Waals surface area contributed by atoms with Gasteiger partial charge in [0.25, 0.3) is 0 Å². The van der Waals surface area contributed by atoms with Gasteiger partial charge < -0.3 is 15.2 Å². The SMILES string of the molecule is COc1ccc(Cc2sc(CN)nc2C)c(OC)c1. The van der Waals surface area contributed by atoms with Crippen LogP contribution < -0.4 is 15.2 Å². The number of hydrogen-bond acceptors (Lipinski definition) is 5. The van der Waals surface area contributed by atoms with Crippen molar-refractivity contribution in [3.05, 3.63) is 39.3 Å². The van der Waals surface area contributed by atoms with Crippen LogP contribution in [-0.2, 0) is 13.0 Å². The molecule has 0 fully saturated rings. The van der Waals surface area contributed by atoms with Crippen LogP contribution in [0.1, 0.15) is 21.1 Å². The van der Waals surface area contributed by atoms with Crippen molar-refractivity contribution in [1.82, 2.24) is 4.98 Å². The summed E-state index contributed by atoms with van der Waals surface area (Å²) < 4.78 is 10.6. The molecular formula is C14H18N2O2S.